The topological polar surface area (TPSA) is 61.8 Å². The van der Waals surface area contributed by atoms with Crippen LogP contribution in [-0.4, -0.2) is 55.4 Å². The lowest BCUT2D eigenvalue weighted by Gasteiger charge is -2.45. The number of likely N-dealkylation sites (N-methyl/N-ethyl adjacent to an activating group) is 1. The van der Waals surface area contributed by atoms with E-state index >= 15 is 0 Å². The minimum absolute atomic E-state index is 0.145. The lowest BCUT2D eigenvalue weighted by Crippen LogP contribution is -2.58. The summed E-state index contributed by atoms with van der Waals surface area (Å²) in [4.78, 5) is 13.9. The number of halogens is 3. The van der Waals surface area contributed by atoms with Gasteiger partial charge < -0.3 is 20.1 Å². The normalized spacial score (nSPS) is 25.0. The molecule has 1 atom stereocenters. The van der Waals surface area contributed by atoms with Crippen molar-refractivity contribution in [3.05, 3.63) is 29.8 Å². The Hall–Kier alpha value is -1.80. The highest BCUT2D eigenvalue weighted by Crippen LogP contribution is 2.44. The molecular weight excluding hydrogens is 385 g/mol. The number of benzene rings is 1. The molecule has 1 saturated carbocycles. The Kier molecular flexibility index (Phi) is 6.43. The third-order valence-corrected chi connectivity index (χ3v) is 6.41. The molecule has 0 bridgehead atoms. The van der Waals surface area contributed by atoms with Gasteiger partial charge >= 0.3 is 6.18 Å². The molecule has 3 rings (SSSR count). The summed E-state index contributed by atoms with van der Waals surface area (Å²) in [6.45, 7) is 2.02. The van der Waals surface area contributed by atoms with Gasteiger partial charge in [-0.3, -0.25) is 4.79 Å². The zero-order valence-corrected chi connectivity index (χ0v) is 16.8. The van der Waals surface area contributed by atoms with Crippen molar-refractivity contribution in [2.45, 2.75) is 49.9 Å². The van der Waals surface area contributed by atoms with Crippen LogP contribution in [0.5, 0.6) is 5.75 Å². The van der Waals surface area contributed by atoms with Crippen LogP contribution in [0, 0.1) is 11.8 Å². The number of ether oxygens (including phenoxy) is 1. The van der Waals surface area contributed by atoms with E-state index in [4.69, 9.17) is 4.74 Å². The van der Waals surface area contributed by atoms with Gasteiger partial charge in [0.05, 0.1) is 7.11 Å². The lowest BCUT2D eigenvalue weighted by atomic mass is 9.72. The second kappa shape index (κ2) is 8.52. The van der Waals surface area contributed by atoms with E-state index < -0.39 is 23.2 Å². The zero-order chi connectivity index (χ0) is 21.2. The van der Waals surface area contributed by atoms with Crippen molar-refractivity contribution in [1.29, 1.82) is 0 Å². The summed E-state index contributed by atoms with van der Waals surface area (Å²) in [7, 11) is 2.67. The summed E-state index contributed by atoms with van der Waals surface area (Å²) in [6, 6.07) is 4.67. The number of amides is 1. The molecule has 1 amide bonds. The molecule has 0 radical (unpaired) electrons. The van der Waals surface area contributed by atoms with E-state index in [-0.39, 0.29) is 11.8 Å². The van der Waals surface area contributed by atoms with Gasteiger partial charge in [-0.05, 0) is 69.2 Å². The molecule has 2 fully saturated rings. The first-order chi connectivity index (χ1) is 13.7. The molecular formula is C21H29F3N2O3. The van der Waals surface area contributed by atoms with Gasteiger partial charge in [0.1, 0.15) is 5.75 Å². The predicted molar refractivity (Wildman–Crippen MR) is 102 cm³/mol. The number of piperidine rings is 1. The molecule has 0 spiro atoms. The van der Waals surface area contributed by atoms with Crippen LogP contribution in [0.15, 0.2) is 24.3 Å². The molecule has 1 heterocycles. The summed E-state index contributed by atoms with van der Waals surface area (Å²) in [5.41, 5.74) is -4.14. The van der Waals surface area contributed by atoms with Gasteiger partial charge in [-0.15, -0.1) is 0 Å². The van der Waals surface area contributed by atoms with Gasteiger partial charge in [0.2, 0.25) is 0 Å². The molecule has 1 aromatic rings. The number of alkyl halides is 3. The lowest BCUT2D eigenvalue weighted by molar-refractivity contribution is -0.262. The van der Waals surface area contributed by atoms with Gasteiger partial charge in [0.25, 0.3) is 11.5 Å². The minimum atomic E-state index is -5.15. The first kappa shape index (κ1) is 21.9. The summed E-state index contributed by atoms with van der Waals surface area (Å²) in [5.74, 6) is -0.129. The maximum Gasteiger partial charge on any atom is 0.430 e. The van der Waals surface area contributed by atoms with Crippen LogP contribution in [0.3, 0.4) is 0 Å². The minimum Gasteiger partial charge on any atom is -0.497 e. The monoisotopic (exact) mass is 414 g/mol. The molecule has 1 aliphatic carbocycles. The van der Waals surface area contributed by atoms with Gasteiger partial charge in [-0.25, -0.2) is 0 Å². The number of rotatable bonds is 6. The van der Waals surface area contributed by atoms with Crippen molar-refractivity contribution in [1.82, 2.24) is 10.2 Å². The number of aliphatic hydroxyl groups is 1. The van der Waals surface area contributed by atoms with Crippen LogP contribution in [0.25, 0.3) is 0 Å². The van der Waals surface area contributed by atoms with Gasteiger partial charge in [-0.1, -0.05) is 12.1 Å². The molecule has 0 aromatic heterocycles. The number of methoxy groups -OCH3 is 1. The van der Waals surface area contributed by atoms with Crippen LogP contribution in [0.1, 0.15) is 37.7 Å². The molecule has 1 saturated heterocycles. The largest absolute Gasteiger partial charge is 0.497 e. The number of nitrogens with zero attached hydrogens (tertiary/aromatic N) is 1. The Balaban J connectivity index is 1.70. The second-order valence-corrected chi connectivity index (χ2v) is 8.28. The Morgan fingerprint density at radius 2 is 1.90 bits per heavy atom. The molecule has 1 aliphatic heterocycles. The van der Waals surface area contributed by atoms with Crippen LogP contribution >= 0.6 is 0 Å². The van der Waals surface area contributed by atoms with E-state index in [9.17, 15) is 23.1 Å². The number of hydrogen-bond donors (Lipinski definition) is 2. The van der Waals surface area contributed by atoms with Crippen molar-refractivity contribution < 1.29 is 27.8 Å². The smallest absolute Gasteiger partial charge is 0.430 e. The van der Waals surface area contributed by atoms with Gasteiger partial charge in [0, 0.05) is 18.7 Å². The fraction of sp³-hybridized carbons (Fsp3) is 0.667. The molecule has 162 valence electrons. The van der Waals surface area contributed by atoms with E-state index in [1.165, 1.54) is 26.3 Å². The van der Waals surface area contributed by atoms with E-state index in [0.717, 1.165) is 49.4 Å². The number of hydrogen-bond acceptors (Lipinski definition) is 4. The highest BCUT2D eigenvalue weighted by Gasteiger charge is 2.62. The molecule has 2 aliphatic rings. The highest BCUT2D eigenvalue weighted by molar-refractivity contribution is 5.87. The number of carbonyl (C=O) groups is 1. The third kappa shape index (κ3) is 4.38. The molecule has 1 aromatic carbocycles. The first-order valence-corrected chi connectivity index (χ1v) is 10.1. The predicted octanol–water partition coefficient (Wildman–Crippen LogP) is 3.07. The Bertz CT molecular complexity index is 715. The maximum absolute atomic E-state index is 13.9. The van der Waals surface area contributed by atoms with E-state index in [1.807, 2.05) is 0 Å². The maximum atomic E-state index is 13.9. The number of nitrogens with one attached hydrogen (secondary N) is 1. The molecule has 8 heteroatoms. The summed E-state index contributed by atoms with van der Waals surface area (Å²) >= 11 is 0. The van der Waals surface area contributed by atoms with E-state index in [0.29, 0.717) is 24.7 Å². The highest BCUT2D eigenvalue weighted by atomic mass is 19.4. The van der Waals surface area contributed by atoms with Crippen LogP contribution in [0.2, 0.25) is 0 Å². The molecule has 5 nitrogen and oxygen atoms in total. The summed E-state index contributed by atoms with van der Waals surface area (Å²) in [6.07, 6.45) is -0.488. The Morgan fingerprint density at radius 1 is 1.24 bits per heavy atom. The number of carbonyl (C=O) groups excluding carboxylic acids is 1. The SMILES string of the molecule is COc1cccc([C@@](O)(C(=O)N(C)C2CC(CC3CCNCC3)C2)C(F)(F)F)c1. The second-order valence-electron chi connectivity index (χ2n) is 8.28. The molecule has 0 unspecified atom stereocenters. The van der Waals surface area contributed by atoms with E-state index in [1.54, 1.807) is 0 Å². The average Bonchev–Trinajstić information content (AvgIpc) is 2.68. The van der Waals surface area contributed by atoms with Crippen molar-refractivity contribution in [3.63, 3.8) is 0 Å². The zero-order valence-electron chi connectivity index (χ0n) is 16.8. The fourth-order valence-electron chi connectivity index (χ4n) is 4.48. The molecule has 2 N–H and O–H groups in total. The van der Waals surface area contributed by atoms with Crippen molar-refractivity contribution >= 4 is 5.91 Å². The Morgan fingerprint density at radius 3 is 2.48 bits per heavy atom. The van der Waals surface area contributed by atoms with Crippen molar-refractivity contribution in [2.24, 2.45) is 11.8 Å². The average molecular weight is 414 g/mol. The van der Waals surface area contributed by atoms with Crippen LogP contribution in [0.4, 0.5) is 13.2 Å². The Labute approximate surface area is 169 Å². The summed E-state index contributed by atoms with van der Waals surface area (Å²) < 4.78 is 46.6. The van der Waals surface area contributed by atoms with Crippen molar-refractivity contribution in [2.75, 3.05) is 27.2 Å². The van der Waals surface area contributed by atoms with Crippen molar-refractivity contribution in [3.8, 4) is 5.75 Å². The van der Waals surface area contributed by atoms with Gasteiger partial charge in [0.15, 0.2) is 0 Å². The van der Waals surface area contributed by atoms with Gasteiger partial charge in [-0.2, -0.15) is 13.2 Å². The fourth-order valence-corrected chi connectivity index (χ4v) is 4.48. The summed E-state index contributed by atoms with van der Waals surface area (Å²) in [5, 5.41) is 13.9. The first-order valence-electron chi connectivity index (χ1n) is 10.1. The third-order valence-electron chi connectivity index (χ3n) is 6.41. The standard InChI is InChI=1S/C21H29F3N2O3/c1-26(17-11-15(12-17)10-14-6-8-25-9-7-14)19(27)20(28,21(22,23)24)16-4-3-5-18(13-16)29-2/h3-5,13-15,17,25,28H,6-12H2,1-2H3/t15?,17?,20-/m1/s1. The van der Waals surface area contributed by atoms with Crippen LogP contribution < -0.4 is 10.1 Å². The van der Waals surface area contributed by atoms with Crippen LogP contribution in [-0.2, 0) is 10.4 Å². The van der Waals surface area contributed by atoms with E-state index in [2.05, 4.69) is 5.32 Å². The molecule has 29 heavy (non-hydrogen) atoms. The quantitative estimate of drug-likeness (QED) is 0.751.